The Morgan fingerprint density at radius 3 is 2.23 bits per heavy atom. The third-order valence-electron chi connectivity index (χ3n) is 8.61. The first-order valence-corrected chi connectivity index (χ1v) is 15.0. The first kappa shape index (κ1) is 29.9. The molecule has 1 aliphatic rings. The van der Waals surface area contributed by atoms with Gasteiger partial charge in [-0.1, -0.05) is 78.8 Å². The highest BCUT2D eigenvalue weighted by molar-refractivity contribution is 5.94. The van der Waals surface area contributed by atoms with Gasteiger partial charge in [0.05, 0.1) is 6.61 Å². The van der Waals surface area contributed by atoms with Gasteiger partial charge in [0, 0.05) is 17.2 Å². The van der Waals surface area contributed by atoms with Crippen molar-refractivity contribution in [2.45, 2.75) is 97.4 Å². The second kappa shape index (κ2) is 12.2. The molecule has 1 amide bonds. The van der Waals surface area contributed by atoms with Crippen LogP contribution < -0.4 is 15.8 Å². The molecule has 0 saturated heterocycles. The molecule has 0 atom stereocenters. The Morgan fingerprint density at radius 1 is 0.875 bits per heavy atom. The van der Waals surface area contributed by atoms with Crippen molar-refractivity contribution >= 4 is 5.91 Å². The SMILES string of the molecule is CCc1cc(C(N)=O)ccc1-c1ccc(OCCCCNC(C)C)c(-c2ccc3c(c2)C(C)(C)CCC3(C)C)c1. The second-order valence-electron chi connectivity index (χ2n) is 13.0. The third-order valence-corrected chi connectivity index (χ3v) is 8.61. The Kier molecular flexibility index (Phi) is 9.09. The van der Waals surface area contributed by atoms with E-state index in [4.69, 9.17) is 10.5 Å². The zero-order valence-electron chi connectivity index (χ0n) is 25.6. The molecular formula is C36H48N2O2. The molecule has 0 radical (unpaired) electrons. The maximum absolute atomic E-state index is 11.8. The smallest absolute Gasteiger partial charge is 0.248 e. The molecule has 1 aliphatic carbocycles. The number of unbranched alkanes of at least 4 members (excludes halogenated alkanes) is 1. The number of primary amides is 1. The number of aryl methyl sites for hydroxylation is 1. The van der Waals surface area contributed by atoms with Gasteiger partial charge in [0.2, 0.25) is 5.91 Å². The van der Waals surface area contributed by atoms with E-state index < -0.39 is 5.91 Å². The number of benzene rings is 3. The first-order valence-electron chi connectivity index (χ1n) is 15.0. The summed E-state index contributed by atoms with van der Waals surface area (Å²) in [6, 6.07) is 19.8. The number of hydrogen-bond donors (Lipinski definition) is 2. The van der Waals surface area contributed by atoms with Crippen LogP contribution in [-0.4, -0.2) is 25.1 Å². The lowest BCUT2D eigenvalue weighted by molar-refractivity contribution is 0.1000. The average molecular weight is 541 g/mol. The van der Waals surface area contributed by atoms with Gasteiger partial charge in [0.25, 0.3) is 0 Å². The van der Waals surface area contributed by atoms with Gasteiger partial charge in [-0.15, -0.1) is 0 Å². The number of nitrogens with one attached hydrogen (secondary N) is 1. The van der Waals surface area contributed by atoms with Gasteiger partial charge < -0.3 is 15.8 Å². The van der Waals surface area contributed by atoms with Crippen molar-refractivity contribution in [2.24, 2.45) is 5.73 Å². The lowest BCUT2D eigenvalue weighted by atomic mass is 9.63. The molecule has 0 heterocycles. The fraction of sp³-hybridized carbons (Fsp3) is 0.472. The highest BCUT2D eigenvalue weighted by Crippen LogP contribution is 2.47. The van der Waals surface area contributed by atoms with Crippen LogP contribution >= 0.6 is 0 Å². The van der Waals surface area contributed by atoms with Crippen LogP contribution in [0.3, 0.4) is 0 Å². The molecule has 3 aromatic rings. The van der Waals surface area contributed by atoms with E-state index in [-0.39, 0.29) is 10.8 Å². The fourth-order valence-corrected chi connectivity index (χ4v) is 5.93. The Labute approximate surface area is 241 Å². The molecule has 0 bridgehead atoms. The molecule has 4 heteroatoms. The molecule has 4 nitrogen and oxygen atoms in total. The van der Waals surface area contributed by atoms with Crippen molar-refractivity contribution in [1.29, 1.82) is 0 Å². The highest BCUT2D eigenvalue weighted by Gasteiger charge is 2.37. The molecule has 0 spiro atoms. The minimum Gasteiger partial charge on any atom is -0.493 e. The molecule has 40 heavy (non-hydrogen) atoms. The summed E-state index contributed by atoms with van der Waals surface area (Å²) in [6.45, 7) is 17.6. The highest BCUT2D eigenvalue weighted by atomic mass is 16.5. The summed E-state index contributed by atoms with van der Waals surface area (Å²) >= 11 is 0. The molecule has 0 saturated carbocycles. The van der Waals surface area contributed by atoms with E-state index in [0.29, 0.717) is 18.2 Å². The zero-order valence-corrected chi connectivity index (χ0v) is 25.6. The molecule has 0 unspecified atom stereocenters. The third kappa shape index (κ3) is 6.61. The van der Waals surface area contributed by atoms with E-state index in [2.05, 4.69) is 90.2 Å². The summed E-state index contributed by atoms with van der Waals surface area (Å²) < 4.78 is 6.44. The van der Waals surface area contributed by atoms with E-state index in [0.717, 1.165) is 53.8 Å². The van der Waals surface area contributed by atoms with Crippen molar-refractivity contribution in [1.82, 2.24) is 5.32 Å². The molecular weight excluding hydrogens is 492 g/mol. The molecule has 0 fully saturated rings. The number of ether oxygens (including phenoxy) is 1. The van der Waals surface area contributed by atoms with Crippen molar-refractivity contribution < 1.29 is 9.53 Å². The van der Waals surface area contributed by atoms with E-state index in [9.17, 15) is 4.79 Å². The number of rotatable bonds is 11. The predicted octanol–water partition coefficient (Wildman–Crippen LogP) is 8.19. The van der Waals surface area contributed by atoms with E-state index in [1.54, 1.807) is 0 Å². The standard InChI is InChI=1S/C36H48N2O2/c1-8-25-21-28(34(37)39)11-14-29(25)26-13-16-33(40-20-10-9-19-38-24(2)3)30(22-26)27-12-15-31-32(23-27)36(6,7)18-17-35(31,4)5/h11-16,21-24,38H,8-10,17-20H2,1-7H3,(H2,37,39). The van der Waals surface area contributed by atoms with Gasteiger partial charge in [-0.2, -0.15) is 0 Å². The fourth-order valence-electron chi connectivity index (χ4n) is 5.93. The van der Waals surface area contributed by atoms with Crippen LogP contribution in [0.2, 0.25) is 0 Å². The van der Waals surface area contributed by atoms with Crippen molar-refractivity contribution in [3.05, 3.63) is 76.9 Å². The van der Waals surface area contributed by atoms with Crippen LogP contribution in [0.5, 0.6) is 5.75 Å². The molecule has 214 valence electrons. The average Bonchev–Trinajstić information content (AvgIpc) is 2.92. The van der Waals surface area contributed by atoms with Crippen LogP contribution in [0.25, 0.3) is 22.3 Å². The lowest BCUT2D eigenvalue weighted by Crippen LogP contribution is -2.33. The summed E-state index contributed by atoms with van der Waals surface area (Å²) in [5.41, 5.74) is 15.0. The van der Waals surface area contributed by atoms with Crippen molar-refractivity contribution in [3.63, 3.8) is 0 Å². The van der Waals surface area contributed by atoms with E-state index in [1.807, 2.05) is 18.2 Å². The summed E-state index contributed by atoms with van der Waals surface area (Å²) in [6.07, 6.45) is 5.27. The van der Waals surface area contributed by atoms with Crippen molar-refractivity contribution in [2.75, 3.05) is 13.2 Å². The van der Waals surface area contributed by atoms with Crippen LogP contribution in [0.4, 0.5) is 0 Å². The summed E-state index contributed by atoms with van der Waals surface area (Å²) in [5, 5.41) is 3.49. The molecule has 4 rings (SSSR count). The number of carbonyl (C=O) groups excluding carboxylic acids is 1. The number of fused-ring (bicyclic) bond motifs is 1. The second-order valence-corrected chi connectivity index (χ2v) is 13.0. The number of carbonyl (C=O) groups is 1. The van der Waals surface area contributed by atoms with Crippen molar-refractivity contribution in [3.8, 4) is 28.0 Å². The Morgan fingerprint density at radius 2 is 1.55 bits per heavy atom. The number of nitrogens with two attached hydrogens (primary N) is 1. The summed E-state index contributed by atoms with van der Waals surface area (Å²) in [7, 11) is 0. The first-order chi connectivity index (χ1) is 18.9. The maximum Gasteiger partial charge on any atom is 0.248 e. The molecule has 0 aromatic heterocycles. The Balaban J connectivity index is 1.75. The maximum atomic E-state index is 11.8. The number of amides is 1. The number of hydrogen-bond acceptors (Lipinski definition) is 3. The van der Waals surface area contributed by atoms with Crippen LogP contribution in [-0.2, 0) is 17.3 Å². The Hall–Kier alpha value is -3.11. The zero-order chi connectivity index (χ0) is 29.1. The quantitative estimate of drug-likeness (QED) is 0.241. The van der Waals surface area contributed by atoms with Crippen LogP contribution in [0.1, 0.15) is 101 Å². The minimum atomic E-state index is -0.395. The monoisotopic (exact) mass is 540 g/mol. The van der Waals surface area contributed by atoms with E-state index in [1.165, 1.54) is 29.5 Å². The topological polar surface area (TPSA) is 64.4 Å². The van der Waals surface area contributed by atoms with Gasteiger partial charge in [0.1, 0.15) is 5.75 Å². The van der Waals surface area contributed by atoms with Gasteiger partial charge in [0.15, 0.2) is 0 Å². The normalized spacial score (nSPS) is 15.6. The molecule has 3 aromatic carbocycles. The van der Waals surface area contributed by atoms with Gasteiger partial charge in [-0.05, 0) is 107 Å². The van der Waals surface area contributed by atoms with Gasteiger partial charge in [-0.25, -0.2) is 0 Å². The Bertz CT molecular complexity index is 1350. The van der Waals surface area contributed by atoms with Crippen LogP contribution in [0.15, 0.2) is 54.6 Å². The summed E-state index contributed by atoms with van der Waals surface area (Å²) in [5.74, 6) is 0.522. The van der Waals surface area contributed by atoms with Gasteiger partial charge >= 0.3 is 0 Å². The predicted molar refractivity (Wildman–Crippen MR) is 168 cm³/mol. The molecule has 0 aliphatic heterocycles. The largest absolute Gasteiger partial charge is 0.493 e. The van der Waals surface area contributed by atoms with Crippen LogP contribution in [0, 0.1) is 0 Å². The van der Waals surface area contributed by atoms with E-state index >= 15 is 0 Å². The van der Waals surface area contributed by atoms with Gasteiger partial charge in [-0.3, -0.25) is 4.79 Å². The minimum absolute atomic E-state index is 0.128. The molecule has 3 N–H and O–H groups in total. The summed E-state index contributed by atoms with van der Waals surface area (Å²) in [4.78, 5) is 11.8. The lowest BCUT2D eigenvalue weighted by Gasteiger charge is -2.42.